The van der Waals surface area contributed by atoms with E-state index in [1.54, 1.807) is 19.3 Å². The van der Waals surface area contributed by atoms with Gasteiger partial charge in [0.2, 0.25) is 0 Å². The van der Waals surface area contributed by atoms with Gasteiger partial charge in [-0.3, -0.25) is 4.79 Å². The van der Waals surface area contributed by atoms with E-state index in [0.717, 1.165) is 41.5 Å². The summed E-state index contributed by atoms with van der Waals surface area (Å²) in [5.41, 5.74) is 8.73. The highest BCUT2D eigenvalue weighted by atomic mass is 79.9. The predicted octanol–water partition coefficient (Wildman–Crippen LogP) is 2.80. The van der Waals surface area contributed by atoms with Crippen LogP contribution in [-0.4, -0.2) is 40.0 Å². The van der Waals surface area contributed by atoms with Crippen molar-refractivity contribution >= 4 is 44.2 Å². The zero-order valence-corrected chi connectivity index (χ0v) is 15.8. The van der Waals surface area contributed by atoms with Gasteiger partial charge in [-0.2, -0.15) is 0 Å². The average molecular weight is 419 g/mol. The number of hydrogen-bond donors (Lipinski definition) is 3. The van der Waals surface area contributed by atoms with Crippen LogP contribution < -0.4 is 16.0 Å². The molecule has 0 spiro atoms. The Morgan fingerprint density at radius 3 is 3.12 bits per heavy atom. The SMILES string of the molecule is Cc1nc(C(=O)Nc2c[nH]c3ncc(Br)c(N4CCC[C@@H](N)C4)c23)co1. The van der Waals surface area contributed by atoms with Crippen molar-refractivity contribution in [2.75, 3.05) is 23.3 Å². The van der Waals surface area contributed by atoms with E-state index in [-0.39, 0.29) is 17.6 Å². The van der Waals surface area contributed by atoms with Gasteiger partial charge in [-0.25, -0.2) is 9.97 Å². The van der Waals surface area contributed by atoms with Gasteiger partial charge >= 0.3 is 0 Å². The summed E-state index contributed by atoms with van der Waals surface area (Å²) in [4.78, 5) is 26.3. The summed E-state index contributed by atoms with van der Waals surface area (Å²) >= 11 is 3.61. The van der Waals surface area contributed by atoms with Crippen LogP contribution in [0.3, 0.4) is 0 Å². The summed E-state index contributed by atoms with van der Waals surface area (Å²) in [6.07, 6.45) is 6.90. The summed E-state index contributed by atoms with van der Waals surface area (Å²) < 4.78 is 5.99. The normalized spacial score (nSPS) is 17.7. The number of fused-ring (bicyclic) bond motifs is 1. The Morgan fingerprint density at radius 2 is 2.38 bits per heavy atom. The van der Waals surface area contributed by atoms with E-state index in [0.29, 0.717) is 17.2 Å². The largest absolute Gasteiger partial charge is 0.448 e. The number of aromatic nitrogens is 3. The number of H-pyrrole nitrogens is 1. The van der Waals surface area contributed by atoms with Crippen molar-refractivity contribution in [2.24, 2.45) is 5.73 Å². The minimum Gasteiger partial charge on any atom is -0.448 e. The molecule has 0 saturated carbocycles. The minimum atomic E-state index is -0.330. The Kier molecular flexibility index (Phi) is 4.41. The minimum absolute atomic E-state index is 0.133. The van der Waals surface area contributed by atoms with Crippen LogP contribution in [0.2, 0.25) is 0 Å². The van der Waals surface area contributed by atoms with E-state index in [4.69, 9.17) is 10.2 Å². The number of amides is 1. The number of halogens is 1. The standard InChI is InChI=1S/C17H19BrN6O2/c1-9-22-13(8-26-9)17(25)23-12-6-21-16-14(12)15(11(18)5-20-16)24-4-2-3-10(19)7-24/h5-6,8,10H,2-4,7,19H2,1H3,(H,20,21)(H,23,25)/t10-/m1/s1. The monoisotopic (exact) mass is 418 g/mol. The van der Waals surface area contributed by atoms with Crippen LogP contribution in [0.15, 0.2) is 27.5 Å². The fourth-order valence-corrected chi connectivity index (χ4v) is 3.88. The number of aromatic amines is 1. The quantitative estimate of drug-likeness (QED) is 0.602. The molecule has 4 rings (SSSR count). The molecule has 3 aromatic rings. The Labute approximate surface area is 158 Å². The summed E-state index contributed by atoms with van der Waals surface area (Å²) in [6, 6.07) is 0.133. The Balaban J connectivity index is 1.74. The molecule has 136 valence electrons. The number of aryl methyl sites for hydroxylation is 1. The number of oxazole rings is 1. The number of carbonyl (C=O) groups excluding carboxylic acids is 1. The molecule has 0 radical (unpaired) electrons. The van der Waals surface area contributed by atoms with Crippen LogP contribution in [0.25, 0.3) is 11.0 Å². The van der Waals surface area contributed by atoms with Crippen LogP contribution in [-0.2, 0) is 0 Å². The van der Waals surface area contributed by atoms with Crippen molar-refractivity contribution in [3.8, 4) is 0 Å². The number of anilines is 2. The van der Waals surface area contributed by atoms with E-state index in [1.807, 2.05) is 0 Å². The van der Waals surface area contributed by atoms with Gasteiger partial charge in [0.05, 0.1) is 21.2 Å². The zero-order chi connectivity index (χ0) is 18.3. The lowest BCUT2D eigenvalue weighted by Gasteiger charge is -2.33. The number of nitrogens with one attached hydrogen (secondary N) is 2. The van der Waals surface area contributed by atoms with Crippen molar-refractivity contribution in [3.63, 3.8) is 0 Å². The third-order valence-electron chi connectivity index (χ3n) is 4.50. The number of pyridine rings is 1. The molecule has 1 saturated heterocycles. The number of nitrogens with zero attached hydrogens (tertiary/aromatic N) is 3. The maximum Gasteiger partial charge on any atom is 0.277 e. The van der Waals surface area contributed by atoms with Gasteiger partial charge < -0.3 is 25.4 Å². The molecule has 1 fully saturated rings. The molecule has 4 N–H and O–H groups in total. The molecule has 0 unspecified atom stereocenters. The zero-order valence-electron chi connectivity index (χ0n) is 14.3. The molecule has 1 atom stereocenters. The molecule has 1 aliphatic rings. The third-order valence-corrected chi connectivity index (χ3v) is 5.08. The molecule has 4 heterocycles. The van der Waals surface area contributed by atoms with Crippen molar-refractivity contribution in [1.82, 2.24) is 15.0 Å². The second kappa shape index (κ2) is 6.73. The average Bonchev–Trinajstić information content (AvgIpc) is 3.22. The second-order valence-electron chi connectivity index (χ2n) is 6.43. The molecule has 0 aliphatic carbocycles. The topological polar surface area (TPSA) is 113 Å². The first kappa shape index (κ1) is 17.0. The van der Waals surface area contributed by atoms with Crippen LogP contribution in [0.1, 0.15) is 29.2 Å². The van der Waals surface area contributed by atoms with Gasteiger partial charge in [0.25, 0.3) is 5.91 Å². The number of rotatable bonds is 3. The molecule has 1 amide bonds. The van der Waals surface area contributed by atoms with E-state index < -0.39 is 0 Å². The van der Waals surface area contributed by atoms with Crippen LogP contribution in [0, 0.1) is 6.92 Å². The molecular formula is C17H19BrN6O2. The van der Waals surface area contributed by atoms with Crippen molar-refractivity contribution in [2.45, 2.75) is 25.8 Å². The lowest BCUT2D eigenvalue weighted by Crippen LogP contribution is -2.43. The highest BCUT2D eigenvalue weighted by Crippen LogP contribution is 2.38. The van der Waals surface area contributed by atoms with Gasteiger partial charge in [-0.1, -0.05) is 0 Å². The Morgan fingerprint density at radius 1 is 1.54 bits per heavy atom. The molecular weight excluding hydrogens is 400 g/mol. The van der Waals surface area contributed by atoms with Crippen LogP contribution in [0.4, 0.5) is 11.4 Å². The summed E-state index contributed by atoms with van der Waals surface area (Å²) in [5, 5.41) is 3.75. The van der Waals surface area contributed by atoms with Gasteiger partial charge in [0.15, 0.2) is 11.6 Å². The van der Waals surface area contributed by atoms with Gasteiger partial charge in [0, 0.05) is 38.4 Å². The molecule has 26 heavy (non-hydrogen) atoms. The van der Waals surface area contributed by atoms with Crippen molar-refractivity contribution in [3.05, 3.63) is 34.7 Å². The summed E-state index contributed by atoms with van der Waals surface area (Å²) in [6.45, 7) is 3.37. The van der Waals surface area contributed by atoms with Gasteiger partial charge in [-0.05, 0) is 28.8 Å². The first-order valence-corrected chi connectivity index (χ1v) is 9.22. The fraction of sp³-hybridized carbons (Fsp3) is 0.353. The molecule has 9 heteroatoms. The molecule has 8 nitrogen and oxygen atoms in total. The lowest BCUT2D eigenvalue weighted by atomic mass is 10.1. The van der Waals surface area contributed by atoms with Crippen molar-refractivity contribution in [1.29, 1.82) is 0 Å². The number of piperidine rings is 1. The predicted molar refractivity (Wildman–Crippen MR) is 102 cm³/mol. The van der Waals surface area contributed by atoms with Crippen LogP contribution >= 0.6 is 15.9 Å². The maximum atomic E-state index is 12.5. The van der Waals surface area contributed by atoms with Gasteiger partial charge in [0.1, 0.15) is 11.9 Å². The van der Waals surface area contributed by atoms with Gasteiger partial charge in [-0.15, -0.1) is 0 Å². The smallest absolute Gasteiger partial charge is 0.277 e. The maximum absolute atomic E-state index is 12.5. The molecule has 3 aromatic heterocycles. The fourth-order valence-electron chi connectivity index (χ4n) is 3.33. The van der Waals surface area contributed by atoms with Crippen LogP contribution in [0.5, 0.6) is 0 Å². The van der Waals surface area contributed by atoms with E-state index >= 15 is 0 Å². The highest BCUT2D eigenvalue weighted by molar-refractivity contribution is 9.10. The van der Waals surface area contributed by atoms with Crippen molar-refractivity contribution < 1.29 is 9.21 Å². The molecule has 0 aromatic carbocycles. The number of carbonyl (C=O) groups is 1. The third kappa shape index (κ3) is 3.08. The number of nitrogens with two attached hydrogens (primary N) is 1. The first-order valence-electron chi connectivity index (χ1n) is 8.42. The molecule has 0 bridgehead atoms. The van der Waals surface area contributed by atoms with E-state index in [9.17, 15) is 4.79 Å². The van der Waals surface area contributed by atoms with E-state index in [1.165, 1.54) is 6.26 Å². The number of hydrogen-bond acceptors (Lipinski definition) is 6. The Bertz CT molecular complexity index is 965. The highest BCUT2D eigenvalue weighted by Gasteiger charge is 2.24. The Hall–Kier alpha value is -2.39. The first-order chi connectivity index (χ1) is 12.5. The summed E-state index contributed by atoms with van der Waals surface area (Å²) in [5.74, 6) is 0.116. The second-order valence-corrected chi connectivity index (χ2v) is 7.29. The summed E-state index contributed by atoms with van der Waals surface area (Å²) in [7, 11) is 0. The molecule has 1 aliphatic heterocycles. The lowest BCUT2D eigenvalue weighted by molar-refractivity contribution is 0.102. The van der Waals surface area contributed by atoms with E-state index in [2.05, 4.69) is 41.1 Å².